The Kier molecular flexibility index (Phi) is 5.83. The van der Waals surface area contributed by atoms with Gasteiger partial charge in [-0.15, -0.1) is 0 Å². The molecule has 1 aliphatic rings. The molecule has 0 spiro atoms. The molecule has 10 nitrogen and oxygen atoms in total. The predicted molar refractivity (Wildman–Crippen MR) is 89.9 cm³/mol. The van der Waals surface area contributed by atoms with E-state index in [1.54, 1.807) is 6.92 Å². The quantitative estimate of drug-likeness (QED) is 0.280. The Labute approximate surface area is 151 Å². The second-order valence-corrected chi connectivity index (χ2v) is 7.30. The molecule has 11 heteroatoms. The minimum absolute atomic E-state index is 0.140. The number of β-lactam (4-membered cyclic amide) rings is 1. The normalized spacial score (nSPS) is 21.6. The largest absolute Gasteiger partial charge is 0.772 e. The molecular weight excluding hydrogens is 364 g/mol. The Morgan fingerprint density at radius 2 is 2.15 bits per heavy atom. The van der Waals surface area contributed by atoms with Gasteiger partial charge < -0.3 is 14.6 Å². The standard InChI is InChI=1S/C15H18N4O6S/c1-9-7-11(20)19(9)12(14(22)23)15(2,26(24)25)8-17-18-13(21)10-3-5-16-6-4-10/h3-6,8-9,12H,7H2,1-2H3,(H,18,21)(H,22,23)(H,24,25)/p-1/b17-8+/t9-,12+,15+/m1/s1. The van der Waals surface area contributed by atoms with Crippen LogP contribution in [-0.4, -0.2) is 64.6 Å². The molecule has 0 aromatic carbocycles. The lowest BCUT2D eigenvalue weighted by molar-refractivity contribution is -0.161. The fourth-order valence-electron chi connectivity index (χ4n) is 2.62. The number of carbonyl (C=O) groups is 3. The minimum Gasteiger partial charge on any atom is -0.772 e. The van der Waals surface area contributed by atoms with Gasteiger partial charge >= 0.3 is 5.97 Å². The molecule has 1 aliphatic heterocycles. The Morgan fingerprint density at radius 3 is 2.62 bits per heavy atom. The summed E-state index contributed by atoms with van der Waals surface area (Å²) in [5, 5.41) is 13.1. The number of carbonyl (C=O) groups excluding carboxylic acids is 2. The number of carboxylic acid groups (broad SMARTS) is 1. The summed E-state index contributed by atoms with van der Waals surface area (Å²) < 4.78 is 21.5. The van der Waals surface area contributed by atoms with Crippen molar-refractivity contribution in [1.82, 2.24) is 15.3 Å². The first-order chi connectivity index (χ1) is 12.2. The van der Waals surface area contributed by atoms with E-state index in [1.165, 1.54) is 24.5 Å². The second kappa shape index (κ2) is 7.70. The number of hydrogen-bond donors (Lipinski definition) is 2. The highest BCUT2D eigenvalue weighted by Crippen LogP contribution is 2.30. The van der Waals surface area contributed by atoms with Gasteiger partial charge in [0.25, 0.3) is 5.91 Å². The average Bonchev–Trinajstić information content (AvgIpc) is 2.59. The number of hydrazone groups is 1. The van der Waals surface area contributed by atoms with Crippen LogP contribution in [0.3, 0.4) is 0 Å². The molecule has 2 rings (SSSR count). The van der Waals surface area contributed by atoms with Crippen molar-refractivity contribution >= 4 is 35.1 Å². The summed E-state index contributed by atoms with van der Waals surface area (Å²) in [6, 6.07) is 0.775. The molecule has 1 aromatic heterocycles. The molecule has 1 fully saturated rings. The number of aliphatic carboxylic acids is 1. The Bertz CT molecular complexity index is 771. The number of nitrogens with one attached hydrogen (secondary N) is 1. The molecule has 1 unspecified atom stereocenters. The van der Waals surface area contributed by atoms with Crippen LogP contribution in [0.2, 0.25) is 0 Å². The van der Waals surface area contributed by atoms with Crippen molar-refractivity contribution in [2.24, 2.45) is 5.10 Å². The first-order valence-corrected chi connectivity index (χ1v) is 8.64. The highest BCUT2D eigenvalue weighted by atomic mass is 32.2. The van der Waals surface area contributed by atoms with E-state index >= 15 is 0 Å². The molecule has 0 bridgehead atoms. The number of rotatable bonds is 7. The molecule has 1 saturated heterocycles. The van der Waals surface area contributed by atoms with Crippen molar-refractivity contribution in [3.63, 3.8) is 0 Å². The predicted octanol–water partition coefficient (Wildman–Crippen LogP) is -0.491. The van der Waals surface area contributed by atoms with Crippen LogP contribution in [-0.2, 0) is 20.7 Å². The van der Waals surface area contributed by atoms with E-state index in [2.05, 4.69) is 15.5 Å². The van der Waals surface area contributed by atoms with Crippen molar-refractivity contribution in [2.75, 3.05) is 0 Å². The Morgan fingerprint density at radius 1 is 1.54 bits per heavy atom. The number of amides is 2. The van der Waals surface area contributed by atoms with E-state index in [9.17, 15) is 28.3 Å². The number of hydrogen-bond acceptors (Lipinski definition) is 7. The lowest BCUT2D eigenvalue weighted by Gasteiger charge is -2.48. The van der Waals surface area contributed by atoms with Gasteiger partial charge in [-0.1, -0.05) is 0 Å². The van der Waals surface area contributed by atoms with E-state index in [-0.39, 0.29) is 12.0 Å². The van der Waals surface area contributed by atoms with E-state index < -0.39 is 45.7 Å². The van der Waals surface area contributed by atoms with E-state index in [1.807, 2.05) is 0 Å². The van der Waals surface area contributed by atoms with Crippen LogP contribution < -0.4 is 5.43 Å². The van der Waals surface area contributed by atoms with E-state index in [4.69, 9.17) is 0 Å². The zero-order chi connectivity index (χ0) is 19.5. The van der Waals surface area contributed by atoms with Gasteiger partial charge in [0.15, 0.2) is 6.04 Å². The maximum absolute atomic E-state index is 11.9. The third kappa shape index (κ3) is 3.78. The molecule has 0 radical (unpaired) electrons. The summed E-state index contributed by atoms with van der Waals surface area (Å²) in [7, 11) is 0. The maximum atomic E-state index is 11.9. The number of carboxylic acids is 1. The summed E-state index contributed by atoms with van der Waals surface area (Å²) >= 11 is -2.93. The average molecular weight is 381 g/mol. The van der Waals surface area contributed by atoms with Crippen LogP contribution in [0.4, 0.5) is 0 Å². The van der Waals surface area contributed by atoms with Gasteiger partial charge in [0.05, 0.1) is 4.75 Å². The first-order valence-electron chi connectivity index (χ1n) is 7.56. The van der Waals surface area contributed by atoms with Crippen molar-refractivity contribution in [3.05, 3.63) is 30.1 Å². The molecular formula is C15H17N4O6S-. The van der Waals surface area contributed by atoms with Crippen LogP contribution in [0.5, 0.6) is 0 Å². The lowest BCUT2D eigenvalue weighted by Crippen LogP contribution is -2.67. The summed E-state index contributed by atoms with van der Waals surface area (Å²) in [6.45, 7) is 2.74. The third-order valence-corrected chi connectivity index (χ3v) is 5.12. The fourth-order valence-corrected chi connectivity index (χ4v) is 3.16. The summed E-state index contributed by atoms with van der Waals surface area (Å²) in [5.74, 6) is -2.57. The van der Waals surface area contributed by atoms with Crippen molar-refractivity contribution in [3.8, 4) is 0 Å². The Balaban J connectivity index is 2.24. The smallest absolute Gasteiger partial charge is 0.328 e. The topological polar surface area (TPSA) is 152 Å². The van der Waals surface area contributed by atoms with Crippen LogP contribution in [0.1, 0.15) is 30.6 Å². The third-order valence-electron chi connectivity index (χ3n) is 4.08. The van der Waals surface area contributed by atoms with Crippen LogP contribution in [0.25, 0.3) is 0 Å². The molecule has 2 heterocycles. The van der Waals surface area contributed by atoms with Crippen LogP contribution in [0, 0.1) is 0 Å². The SMILES string of the molecule is C[C@@H]1CC(=O)N1[C@@H](C(=O)O)[C@](C)(/C=N/NC(=O)c1ccncc1)S(=O)[O-]. The van der Waals surface area contributed by atoms with Crippen LogP contribution in [0.15, 0.2) is 29.6 Å². The molecule has 2 N–H and O–H groups in total. The first kappa shape index (κ1) is 19.7. The zero-order valence-electron chi connectivity index (χ0n) is 14.0. The monoisotopic (exact) mass is 381 g/mol. The number of nitrogens with zero attached hydrogens (tertiary/aromatic N) is 3. The van der Waals surface area contributed by atoms with E-state index in [0.29, 0.717) is 0 Å². The van der Waals surface area contributed by atoms with Gasteiger partial charge in [-0.2, -0.15) is 5.10 Å². The molecule has 26 heavy (non-hydrogen) atoms. The summed E-state index contributed by atoms with van der Waals surface area (Å²) in [5.41, 5.74) is 2.37. The highest BCUT2D eigenvalue weighted by molar-refractivity contribution is 7.81. The molecule has 0 saturated carbocycles. The van der Waals surface area contributed by atoms with E-state index in [0.717, 1.165) is 18.0 Å². The maximum Gasteiger partial charge on any atom is 0.328 e. The zero-order valence-corrected chi connectivity index (χ0v) is 14.8. The molecule has 4 atom stereocenters. The van der Waals surface area contributed by atoms with Crippen LogP contribution >= 0.6 is 0 Å². The molecule has 140 valence electrons. The second-order valence-electron chi connectivity index (χ2n) is 5.95. The summed E-state index contributed by atoms with van der Waals surface area (Å²) in [6.07, 6.45) is 3.74. The number of aromatic nitrogens is 1. The van der Waals surface area contributed by atoms with Crippen molar-refractivity contribution in [2.45, 2.75) is 37.1 Å². The van der Waals surface area contributed by atoms with Gasteiger partial charge in [0, 0.05) is 36.6 Å². The molecule has 1 aromatic rings. The van der Waals surface area contributed by atoms with Gasteiger partial charge in [-0.05, 0) is 37.1 Å². The van der Waals surface area contributed by atoms with Gasteiger partial charge in [0.1, 0.15) is 0 Å². The molecule has 0 aliphatic carbocycles. The molecule has 2 amide bonds. The summed E-state index contributed by atoms with van der Waals surface area (Å²) in [4.78, 5) is 40.1. The Hall–Kier alpha value is -2.66. The van der Waals surface area contributed by atoms with Crippen molar-refractivity contribution in [1.29, 1.82) is 0 Å². The highest BCUT2D eigenvalue weighted by Gasteiger charge is 2.51. The van der Waals surface area contributed by atoms with Gasteiger partial charge in [-0.3, -0.25) is 18.8 Å². The van der Waals surface area contributed by atoms with Gasteiger partial charge in [-0.25, -0.2) is 10.2 Å². The minimum atomic E-state index is -2.93. The van der Waals surface area contributed by atoms with Crippen molar-refractivity contribution < 1.29 is 28.3 Å². The number of pyridine rings is 1. The lowest BCUT2D eigenvalue weighted by atomic mass is 9.92. The number of likely N-dealkylation sites (tertiary alicyclic amines) is 1. The fraction of sp³-hybridized carbons (Fsp3) is 0.400. The van der Waals surface area contributed by atoms with Gasteiger partial charge in [0.2, 0.25) is 5.91 Å².